The van der Waals surface area contributed by atoms with Gasteiger partial charge in [-0.15, -0.1) is 0 Å². The van der Waals surface area contributed by atoms with Crippen LogP contribution in [0, 0.1) is 11.2 Å². The molecule has 1 aromatic rings. The number of rotatable bonds is 2. The standard InChI is InChI=1S/C21H30FNO/c1-14(2)19-18(24)12-15-4-5-16(6-7-17(15)20(19)22)23-11-10-21(13-23)8-3-9-21/h12,14,16,24H,3-11,13H2,1-2H3/t16-/m0/s1. The minimum atomic E-state index is -0.141. The van der Waals surface area contributed by atoms with E-state index >= 15 is 0 Å². The van der Waals surface area contributed by atoms with Gasteiger partial charge in [-0.3, -0.25) is 4.90 Å². The highest BCUT2D eigenvalue weighted by atomic mass is 19.1. The summed E-state index contributed by atoms with van der Waals surface area (Å²) in [7, 11) is 0. The molecule has 2 aliphatic carbocycles. The first-order valence-corrected chi connectivity index (χ1v) is 9.76. The summed E-state index contributed by atoms with van der Waals surface area (Å²) in [6.07, 6.45) is 9.47. The van der Waals surface area contributed by atoms with Crippen LogP contribution >= 0.6 is 0 Å². The molecule has 24 heavy (non-hydrogen) atoms. The Kier molecular flexibility index (Phi) is 4.11. The Morgan fingerprint density at radius 3 is 2.58 bits per heavy atom. The van der Waals surface area contributed by atoms with E-state index in [0.717, 1.165) is 36.8 Å². The number of aromatic hydroxyl groups is 1. The Bertz CT molecular complexity index is 635. The molecule has 0 amide bonds. The zero-order valence-corrected chi connectivity index (χ0v) is 15.1. The molecule has 0 bridgehead atoms. The molecule has 1 saturated heterocycles. The van der Waals surface area contributed by atoms with Crippen LogP contribution in [0.3, 0.4) is 0 Å². The van der Waals surface area contributed by atoms with Crippen molar-refractivity contribution >= 4 is 0 Å². The molecule has 0 radical (unpaired) electrons. The third-order valence-corrected chi connectivity index (χ3v) is 6.93. The topological polar surface area (TPSA) is 23.5 Å². The molecule has 1 aliphatic heterocycles. The number of phenols is 1. The third-order valence-electron chi connectivity index (χ3n) is 6.93. The van der Waals surface area contributed by atoms with Gasteiger partial charge in [-0.1, -0.05) is 20.3 Å². The molecule has 2 fully saturated rings. The van der Waals surface area contributed by atoms with Crippen LogP contribution in [0.15, 0.2) is 6.07 Å². The molecule has 1 spiro atoms. The first kappa shape index (κ1) is 16.4. The Morgan fingerprint density at radius 1 is 1.21 bits per heavy atom. The van der Waals surface area contributed by atoms with Gasteiger partial charge in [0.2, 0.25) is 0 Å². The largest absolute Gasteiger partial charge is 0.508 e. The number of hydrogen-bond donors (Lipinski definition) is 1. The molecule has 1 saturated carbocycles. The average molecular weight is 331 g/mol. The summed E-state index contributed by atoms with van der Waals surface area (Å²) in [5.41, 5.74) is 3.04. The van der Waals surface area contributed by atoms with E-state index in [1.165, 1.54) is 38.8 Å². The summed E-state index contributed by atoms with van der Waals surface area (Å²) >= 11 is 0. The van der Waals surface area contributed by atoms with E-state index in [9.17, 15) is 9.50 Å². The smallest absolute Gasteiger partial charge is 0.133 e. The van der Waals surface area contributed by atoms with Gasteiger partial charge in [0, 0.05) is 18.2 Å². The first-order chi connectivity index (χ1) is 11.5. The van der Waals surface area contributed by atoms with E-state index < -0.39 is 0 Å². The van der Waals surface area contributed by atoms with Crippen molar-refractivity contribution < 1.29 is 9.50 Å². The molecule has 4 rings (SSSR count). The van der Waals surface area contributed by atoms with Gasteiger partial charge in [-0.25, -0.2) is 4.39 Å². The fourth-order valence-corrected chi connectivity index (χ4v) is 5.30. The number of fused-ring (bicyclic) bond motifs is 1. The van der Waals surface area contributed by atoms with Crippen molar-refractivity contribution in [2.24, 2.45) is 5.41 Å². The molecular weight excluding hydrogens is 301 g/mol. The second-order valence-electron chi connectivity index (χ2n) is 8.72. The number of nitrogens with zero attached hydrogens (tertiary/aromatic N) is 1. The predicted octanol–water partition coefficient (Wildman–Crippen LogP) is 4.78. The number of phenolic OH excluding ortho intramolecular Hbond substituents is 1. The van der Waals surface area contributed by atoms with Gasteiger partial charge in [0.05, 0.1) is 0 Å². The van der Waals surface area contributed by atoms with Crippen LogP contribution in [0.2, 0.25) is 0 Å². The van der Waals surface area contributed by atoms with Gasteiger partial charge >= 0.3 is 0 Å². The van der Waals surface area contributed by atoms with Gasteiger partial charge in [-0.05, 0) is 80.0 Å². The highest BCUT2D eigenvalue weighted by Gasteiger charge is 2.44. The summed E-state index contributed by atoms with van der Waals surface area (Å²) in [6.45, 7) is 6.39. The lowest BCUT2D eigenvalue weighted by molar-refractivity contribution is 0.119. The highest BCUT2D eigenvalue weighted by molar-refractivity contribution is 5.45. The van der Waals surface area contributed by atoms with Gasteiger partial charge < -0.3 is 5.11 Å². The van der Waals surface area contributed by atoms with E-state index in [-0.39, 0.29) is 17.5 Å². The summed E-state index contributed by atoms with van der Waals surface area (Å²) in [5.74, 6) is 0.0261. The fourth-order valence-electron chi connectivity index (χ4n) is 5.30. The summed E-state index contributed by atoms with van der Waals surface area (Å²) in [6, 6.07) is 2.43. The summed E-state index contributed by atoms with van der Waals surface area (Å²) in [5, 5.41) is 10.2. The van der Waals surface area contributed by atoms with Gasteiger partial charge in [-0.2, -0.15) is 0 Å². The second-order valence-corrected chi connectivity index (χ2v) is 8.72. The van der Waals surface area contributed by atoms with Gasteiger partial charge in [0.15, 0.2) is 0 Å². The fraction of sp³-hybridized carbons (Fsp3) is 0.714. The van der Waals surface area contributed by atoms with E-state index in [0.29, 0.717) is 17.0 Å². The third kappa shape index (κ3) is 2.65. The minimum absolute atomic E-state index is 0.0198. The normalized spacial score (nSPS) is 26.4. The van der Waals surface area contributed by atoms with Crippen molar-refractivity contribution in [2.75, 3.05) is 13.1 Å². The summed E-state index contributed by atoms with van der Waals surface area (Å²) < 4.78 is 15.0. The quantitative estimate of drug-likeness (QED) is 0.789. The van der Waals surface area contributed by atoms with E-state index in [2.05, 4.69) is 4.90 Å². The summed E-state index contributed by atoms with van der Waals surface area (Å²) in [4.78, 5) is 2.69. The van der Waals surface area contributed by atoms with Crippen LogP contribution in [-0.4, -0.2) is 29.1 Å². The Morgan fingerprint density at radius 2 is 1.96 bits per heavy atom. The van der Waals surface area contributed by atoms with Crippen molar-refractivity contribution in [1.82, 2.24) is 4.90 Å². The van der Waals surface area contributed by atoms with Crippen molar-refractivity contribution in [3.8, 4) is 5.75 Å². The zero-order valence-electron chi connectivity index (χ0n) is 15.1. The molecule has 1 N–H and O–H groups in total. The number of benzene rings is 1. The number of hydrogen-bond acceptors (Lipinski definition) is 2. The number of likely N-dealkylation sites (tertiary alicyclic amines) is 1. The van der Waals surface area contributed by atoms with Crippen LogP contribution in [0.4, 0.5) is 4.39 Å². The van der Waals surface area contributed by atoms with Crippen molar-refractivity contribution in [1.29, 1.82) is 0 Å². The molecule has 0 aromatic heterocycles. The maximum Gasteiger partial charge on any atom is 0.133 e. The maximum atomic E-state index is 15.0. The molecule has 2 nitrogen and oxygen atoms in total. The molecule has 1 heterocycles. The SMILES string of the molecule is CC(C)c1c(O)cc2c(c1F)CC[C@@H](N1CCC3(CCC3)C1)CC2. The van der Waals surface area contributed by atoms with Crippen molar-refractivity contribution in [3.05, 3.63) is 28.6 Å². The number of halogens is 1. The molecule has 0 unspecified atom stereocenters. The molecule has 3 aliphatic rings. The minimum Gasteiger partial charge on any atom is -0.508 e. The van der Waals surface area contributed by atoms with E-state index in [4.69, 9.17) is 0 Å². The Hall–Kier alpha value is -1.09. The highest BCUT2D eigenvalue weighted by Crippen LogP contribution is 2.49. The van der Waals surface area contributed by atoms with Crippen LogP contribution in [-0.2, 0) is 12.8 Å². The molecular formula is C21H30FNO. The lowest BCUT2D eigenvalue weighted by atomic mass is 9.68. The average Bonchev–Trinajstić information content (AvgIpc) is 2.84. The first-order valence-electron chi connectivity index (χ1n) is 9.76. The zero-order chi connectivity index (χ0) is 16.9. The Balaban J connectivity index is 1.53. The van der Waals surface area contributed by atoms with Gasteiger partial charge in [0.25, 0.3) is 0 Å². The van der Waals surface area contributed by atoms with Crippen LogP contribution < -0.4 is 0 Å². The van der Waals surface area contributed by atoms with Crippen molar-refractivity contribution in [3.63, 3.8) is 0 Å². The lowest BCUT2D eigenvalue weighted by Gasteiger charge is -2.39. The van der Waals surface area contributed by atoms with Crippen LogP contribution in [0.5, 0.6) is 5.75 Å². The maximum absolute atomic E-state index is 15.0. The second kappa shape index (κ2) is 6.01. The molecule has 132 valence electrons. The van der Waals surface area contributed by atoms with E-state index in [1.807, 2.05) is 19.9 Å². The Labute approximate surface area is 145 Å². The van der Waals surface area contributed by atoms with Gasteiger partial charge in [0.1, 0.15) is 11.6 Å². The number of aryl methyl sites for hydroxylation is 1. The monoisotopic (exact) mass is 331 g/mol. The van der Waals surface area contributed by atoms with Crippen LogP contribution in [0.1, 0.15) is 75.0 Å². The van der Waals surface area contributed by atoms with Crippen LogP contribution in [0.25, 0.3) is 0 Å². The lowest BCUT2D eigenvalue weighted by Crippen LogP contribution is -2.38. The molecule has 3 heteroatoms. The predicted molar refractivity (Wildman–Crippen MR) is 95.1 cm³/mol. The van der Waals surface area contributed by atoms with E-state index in [1.54, 1.807) is 0 Å². The molecule has 1 atom stereocenters. The molecule has 1 aromatic carbocycles. The van der Waals surface area contributed by atoms with Crippen molar-refractivity contribution in [2.45, 2.75) is 77.2 Å².